The Hall–Kier alpha value is -2.84. The second-order valence-electron chi connectivity index (χ2n) is 7.82. The summed E-state index contributed by atoms with van der Waals surface area (Å²) in [5.41, 5.74) is 1.62. The van der Waals surface area contributed by atoms with E-state index < -0.39 is 18.3 Å². The number of carbonyl (C=O) groups is 1. The lowest BCUT2D eigenvalue weighted by Crippen LogP contribution is -2.41. The first-order valence-corrected chi connectivity index (χ1v) is 9.10. The number of nitrogens with one attached hydrogen (secondary N) is 1. The molecule has 3 aromatic rings. The zero-order valence-electron chi connectivity index (χ0n) is 16.3. The molecule has 1 N–H and O–H groups in total. The smallest absolute Gasteiger partial charge is 0.399 e. The number of amides is 1. The number of aromatic nitrogens is 3. The van der Waals surface area contributed by atoms with Crippen LogP contribution in [0, 0.1) is 0 Å². The molecular weight excluding hydrogens is 355 g/mol. The van der Waals surface area contributed by atoms with Gasteiger partial charge in [0, 0.05) is 5.39 Å². The van der Waals surface area contributed by atoms with Crippen LogP contribution in [0.5, 0.6) is 0 Å². The summed E-state index contributed by atoms with van der Waals surface area (Å²) in [4.78, 5) is 17.0. The zero-order chi connectivity index (χ0) is 19.9. The zero-order valence-corrected chi connectivity index (χ0v) is 16.3. The topological polar surface area (TPSA) is 86.2 Å². The van der Waals surface area contributed by atoms with Gasteiger partial charge in [0.25, 0.3) is 5.91 Å². The van der Waals surface area contributed by atoms with Crippen LogP contribution in [-0.4, -0.2) is 39.4 Å². The van der Waals surface area contributed by atoms with Gasteiger partial charge in [0.15, 0.2) is 0 Å². The summed E-state index contributed by atoms with van der Waals surface area (Å²) in [7, 11) is -0.475. The average Bonchev–Trinajstić information content (AvgIpc) is 2.89. The van der Waals surface area contributed by atoms with Crippen LogP contribution in [-0.2, 0) is 9.31 Å². The number of hydrogen-bond acceptors (Lipinski definition) is 6. The van der Waals surface area contributed by atoms with Gasteiger partial charge >= 0.3 is 7.12 Å². The van der Waals surface area contributed by atoms with E-state index in [1.807, 2.05) is 52.0 Å². The van der Waals surface area contributed by atoms with Gasteiger partial charge in [0.1, 0.15) is 5.69 Å². The van der Waals surface area contributed by atoms with E-state index in [0.29, 0.717) is 16.9 Å². The molecule has 142 valence electrons. The van der Waals surface area contributed by atoms with E-state index in [4.69, 9.17) is 9.31 Å². The fraction of sp³-hybridized carbons (Fsp3) is 0.300. The first-order valence-electron chi connectivity index (χ1n) is 9.10. The van der Waals surface area contributed by atoms with Crippen LogP contribution in [0.25, 0.3) is 10.9 Å². The SMILES string of the molecule is CC1(C)OB(c2ccc3ccc(C(=O)Nc4ccnnc4)nc3c2)OC1(C)C. The lowest BCUT2D eigenvalue weighted by atomic mass is 9.79. The Kier molecular flexibility index (Phi) is 4.40. The molecule has 1 aliphatic rings. The molecule has 0 unspecified atom stereocenters. The summed E-state index contributed by atoms with van der Waals surface area (Å²) < 4.78 is 12.2. The summed E-state index contributed by atoms with van der Waals surface area (Å²) in [5, 5.41) is 11.1. The molecule has 8 heteroatoms. The summed E-state index contributed by atoms with van der Waals surface area (Å²) in [6.45, 7) is 8.07. The van der Waals surface area contributed by atoms with Gasteiger partial charge in [0.2, 0.25) is 0 Å². The van der Waals surface area contributed by atoms with E-state index in [0.717, 1.165) is 10.8 Å². The number of rotatable bonds is 3. The Morgan fingerprint density at radius 2 is 1.71 bits per heavy atom. The number of carbonyl (C=O) groups excluding carboxylic acids is 1. The lowest BCUT2D eigenvalue weighted by molar-refractivity contribution is 0.00578. The highest BCUT2D eigenvalue weighted by molar-refractivity contribution is 6.62. The standard InChI is InChI=1S/C20H21BN4O3/c1-19(2)20(3,4)28-21(27-19)14-7-5-13-6-8-16(25-17(13)11-14)18(26)24-15-9-10-22-23-12-15/h5-12H,1-4H3,(H,22,24,26). The quantitative estimate of drug-likeness (QED) is 0.708. The van der Waals surface area contributed by atoms with Crippen LogP contribution < -0.4 is 10.8 Å². The maximum absolute atomic E-state index is 12.5. The van der Waals surface area contributed by atoms with E-state index in [1.165, 1.54) is 12.4 Å². The van der Waals surface area contributed by atoms with Crippen molar-refractivity contribution in [3.05, 3.63) is 54.5 Å². The normalized spacial score (nSPS) is 17.6. The Bertz CT molecular complexity index is 1020. The van der Waals surface area contributed by atoms with Crippen molar-refractivity contribution < 1.29 is 14.1 Å². The molecule has 1 aliphatic heterocycles. The fourth-order valence-electron chi connectivity index (χ4n) is 2.95. The molecule has 0 bridgehead atoms. The van der Waals surface area contributed by atoms with Crippen molar-refractivity contribution in [2.75, 3.05) is 5.32 Å². The molecule has 7 nitrogen and oxygen atoms in total. The second-order valence-corrected chi connectivity index (χ2v) is 7.82. The molecule has 0 aliphatic carbocycles. The monoisotopic (exact) mass is 376 g/mol. The minimum Gasteiger partial charge on any atom is -0.399 e. The van der Waals surface area contributed by atoms with Crippen LogP contribution in [0.1, 0.15) is 38.2 Å². The number of benzene rings is 1. The molecule has 1 aromatic carbocycles. The van der Waals surface area contributed by atoms with Gasteiger partial charge in [-0.3, -0.25) is 4.79 Å². The Morgan fingerprint density at radius 1 is 1.00 bits per heavy atom. The Labute approximate surface area is 163 Å². The molecule has 28 heavy (non-hydrogen) atoms. The molecule has 0 saturated carbocycles. The number of nitrogens with zero attached hydrogens (tertiary/aromatic N) is 3. The van der Waals surface area contributed by atoms with Gasteiger partial charge in [-0.1, -0.05) is 18.2 Å². The minimum absolute atomic E-state index is 0.309. The predicted molar refractivity (Wildman–Crippen MR) is 107 cm³/mol. The van der Waals surface area contributed by atoms with Gasteiger partial charge in [0.05, 0.1) is 34.8 Å². The summed E-state index contributed by atoms with van der Waals surface area (Å²) in [5.74, 6) is -0.309. The van der Waals surface area contributed by atoms with Gasteiger partial charge in [-0.2, -0.15) is 10.2 Å². The van der Waals surface area contributed by atoms with Crippen LogP contribution >= 0.6 is 0 Å². The van der Waals surface area contributed by atoms with E-state index in [1.54, 1.807) is 12.1 Å². The minimum atomic E-state index is -0.475. The second kappa shape index (κ2) is 6.65. The Balaban J connectivity index is 1.62. The van der Waals surface area contributed by atoms with Crippen molar-refractivity contribution in [3.63, 3.8) is 0 Å². The van der Waals surface area contributed by atoms with Crippen molar-refractivity contribution in [1.29, 1.82) is 0 Å². The van der Waals surface area contributed by atoms with Crippen LogP contribution in [0.3, 0.4) is 0 Å². The number of pyridine rings is 1. The van der Waals surface area contributed by atoms with Crippen molar-refractivity contribution in [2.45, 2.75) is 38.9 Å². The van der Waals surface area contributed by atoms with E-state index >= 15 is 0 Å². The highest BCUT2D eigenvalue weighted by Gasteiger charge is 2.51. The molecule has 0 radical (unpaired) electrons. The highest BCUT2D eigenvalue weighted by atomic mass is 16.7. The van der Waals surface area contributed by atoms with Gasteiger partial charge < -0.3 is 14.6 Å². The molecule has 1 saturated heterocycles. The van der Waals surface area contributed by atoms with Crippen molar-refractivity contribution in [3.8, 4) is 0 Å². The molecule has 3 heterocycles. The molecular formula is C20H21BN4O3. The van der Waals surface area contributed by atoms with Gasteiger partial charge in [-0.05, 0) is 51.4 Å². The first kappa shape index (κ1) is 18.5. The average molecular weight is 376 g/mol. The third-order valence-corrected chi connectivity index (χ3v) is 5.32. The van der Waals surface area contributed by atoms with E-state index in [9.17, 15) is 4.79 Å². The van der Waals surface area contributed by atoms with E-state index in [2.05, 4.69) is 20.5 Å². The summed E-state index contributed by atoms with van der Waals surface area (Å²) in [6, 6.07) is 11.1. The van der Waals surface area contributed by atoms with Crippen molar-refractivity contribution in [1.82, 2.24) is 15.2 Å². The van der Waals surface area contributed by atoms with Gasteiger partial charge in [-0.25, -0.2) is 4.98 Å². The molecule has 1 fully saturated rings. The third-order valence-electron chi connectivity index (χ3n) is 5.32. The third kappa shape index (κ3) is 3.36. The summed E-state index contributed by atoms with van der Waals surface area (Å²) >= 11 is 0. The van der Waals surface area contributed by atoms with E-state index in [-0.39, 0.29) is 5.91 Å². The maximum Gasteiger partial charge on any atom is 0.494 e. The maximum atomic E-state index is 12.5. The molecule has 4 rings (SSSR count). The van der Waals surface area contributed by atoms with Crippen LogP contribution in [0.2, 0.25) is 0 Å². The predicted octanol–water partition coefficient (Wildman–Crippen LogP) is 2.58. The summed E-state index contributed by atoms with van der Waals surface area (Å²) in [6.07, 6.45) is 3.00. The van der Waals surface area contributed by atoms with Crippen molar-refractivity contribution in [2.24, 2.45) is 0 Å². The van der Waals surface area contributed by atoms with Crippen molar-refractivity contribution >= 4 is 35.1 Å². The molecule has 0 atom stereocenters. The van der Waals surface area contributed by atoms with Crippen LogP contribution in [0.4, 0.5) is 5.69 Å². The number of anilines is 1. The Morgan fingerprint density at radius 3 is 2.39 bits per heavy atom. The van der Waals surface area contributed by atoms with Crippen LogP contribution in [0.15, 0.2) is 48.8 Å². The van der Waals surface area contributed by atoms with Gasteiger partial charge in [-0.15, -0.1) is 0 Å². The lowest BCUT2D eigenvalue weighted by Gasteiger charge is -2.32. The largest absolute Gasteiger partial charge is 0.494 e. The number of fused-ring (bicyclic) bond motifs is 1. The number of hydrogen-bond donors (Lipinski definition) is 1. The molecule has 0 spiro atoms. The first-order chi connectivity index (χ1) is 13.2. The molecule has 1 amide bonds. The fourth-order valence-corrected chi connectivity index (χ4v) is 2.95. The highest BCUT2D eigenvalue weighted by Crippen LogP contribution is 2.36. The molecule has 2 aromatic heterocycles.